The zero-order valence-corrected chi connectivity index (χ0v) is 70.1. The van der Waals surface area contributed by atoms with Crippen molar-refractivity contribution in [1.82, 2.24) is 0 Å². The lowest BCUT2D eigenvalue weighted by molar-refractivity contribution is -0.161. The highest BCUT2D eigenvalue weighted by atomic mass is 31.2. The van der Waals surface area contributed by atoms with E-state index >= 15 is 0 Å². The number of esters is 4. The maximum atomic E-state index is 13.1. The molecule has 6 atom stereocenters. The average Bonchev–Trinajstić information content (AvgIpc) is 0.903. The van der Waals surface area contributed by atoms with E-state index in [0.29, 0.717) is 25.7 Å². The number of hydrogen-bond donors (Lipinski definition) is 3. The molecule has 0 rings (SSSR count). The van der Waals surface area contributed by atoms with E-state index in [2.05, 4.69) is 41.5 Å². The van der Waals surface area contributed by atoms with Crippen molar-refractivity contribution in [2.75, 3.05) is 39.6 Å². The van der Waals surface area contributed by atoms with Crippen LogP contribution >= 0.6 is 15.6 Å². The third-order valence-electron chi connectivity index (χ3n) is 20.3. The Hall–Kier alpha value is -1.94. The van der Waals surface area contributed by atoms with Crippen molar-refractivity contribution in [2.24, 2.45) is 11.8 Å². The van der Waals surface area contributed by atoms with E-state index in [1.54, 1.807) is 0 Å². The molecule has 0 aromatic heterocycles. The van der Waals surface area contributed by atoms with E-state index in [1.165, 1.54) is 270 Å². The van der Waals surface area contributed by atoms with Gasteiger partial charge in [0.2, 0.25) is 0 Å². The Kier molecular flexibility index (Phi) is 75.0. The molecule has 0 saturated heterocycles. The van der Waals surface area contributed by atoms with Gasteiger partial charge in [-0.3, -0.25) is 37.3 Å². The number of phosphoric acid groups is 2. The van der Waals surface area contributed by atoms with Gasteiger partial charge in [0.15, 0.2) is 12.2 Å². The van der Waals surface area contributed by atoms with Crippen LogP contribution < -0.4 is 0 Å². The van der Waals surface area contributed by atoms with Crippen LogP contribution in [-0.2, 0) is 65.4 Å². The summed E-state index contributed by atoms with van der Waals surface area (Å²) in [5.74, 6) is -0.488. The molecule has 0 spiro atoms. The first-order valence-electron chi connectivity index (χ1n) is 44.0. The van der Waals surface area contributed by atoms with E-state index in [9.17, 15) is 43.2 Å². The Bertz CT molecular complexity index is 2000. The predicted octanol–water partition coefficient (Wildman–Crippen LogP) is 25.8. The number of hydrogen-bond acceptors (Lipinski definition) is 15. The third-order valence-corrected chi connectivity index (χ3v) is 22.2. The summed E-state index contributed by atoms with van der Waals surface area (Å²) < 4.78 is 68.9. The molecular formula is C85H166O17P2. The van der Waals surface area contributed by atoms with Crippen molar-refractivity contribution >= 4 is 39.5 Å². The van der Waals surface area contributed by atoms with E-state index in [-0.39, 0.29) is 25.7 Å². The Morgan fingerprint density at radius 3 is 0.731 bits per heavy atom. The molecule has 0 aliphatic heterocycles. The summed E-state index contributed by atoms with van der Waals surface area (Å²) in [6, 6.07) is 0. The van der Waals surface area contributed by atoms with Crippen molar-refractivity contribution < 1.29 is 80.2 Å². The molecule has 3 unspecified atom stereocenters. The molecule has 104 heavy (non-hydrogen) atoms. The van der Waals surface area contributed by atoms with Gasteiger partial charge in [-0.1, -0.05) is 401 Å². The summed E-state index contributed by atoms with van der Waals surface area (Å²) in [4.78, 5) is 73.2. The standard InChI is InChI=1S/C85H166O17P2/c1-7-10-12-14-16-18-20-21-22-23-24-25-26-27-28-33-39-45-51-57-63-69-84(89)101-81(74-96-83(88)68-62-56-50-44-38-32-30-29-31-37-42-48-54-60-66-78(6)9-3)76-100-104(93,94)98-72-79(86)71-97-103(91,92)99-75-80(73-95-82(87)67-61-55-49-43-35-19-17-15-13-11-8-2)102-85(90)70-64-58-52-46-40-34-36-41-47-53-59-65-77(4)5/h77-81,86H,7-76H2,1-6H3,(H,91,92)(H,93,94)/t78?,79-,80+,81+/m0/s1. The summed E-state index contributed by atoms with van der Waals surface area (Å²) in [6.45, 7) is 9.71. The van der Waals surface area contributed by atoms with Gasteiger partial charge in [-0.05, 0) is 37.5 Å². The number of carbonyl (C=O) groups is 4. The fourth-order valence-corrected chi connectivity index (χ4v) is 14.8. The minimum atomic E-state index is -4.97. The topological polar surface area (TPSA) is 237 Å². The van der Waals surface area contributed by atoms with Gasteiger partial charge in [0, 0.05) is 25.7 Å². The van der Waals surface area contributed by atoms with Crippen LogP contribution in [0.25, 0.3) is 0 Å². The third kappa shape index (κ3) is 76.8. The number of carbonyl (C=O) groups excluding carboxylic acids is 4. The molecule has 0 bridgehead atoms. The molecule has 19 heteroatoms. The van der Waals surface area contributed by atoms with Gasteiger partial charge in [-0.2, -0.15) is 0 Å². The van der Waals surface area contributed by atoms with Gasteiger partial charge >= 0.3 is 39.5 Å². The monoisotopic (exact) mass is 1520 g/mol. The maximum absolute atomic E-state index is 13.1. The molecule has 0 aliphatic carbocycles. The highest BCUT2D eigenvalue weighted by Crippen LogP contribution is 2.45. The minimum absolute atomic E-state index is 0.107. The van der Waals surface area contributed by atoms with Crippen molar-refractivity contribution in [2.45, 2.75) is 471 Å². The van der Waals surface area contributed by atoms with Crippen molar-refractivity contribution in [3.63, 3.8) is 0 Å². The molecule has 17 nitrogen and oxygen atoms in total. The number of unbranched alkanes of at least 4 members (excludes halogenated alkanes) is 53. The number of rotatable bonds is 84. The quantitative estimate of drug-likeness (QED) is 0.0222. The first-order valence-corrected chi connectivity index (χ1v) is 47.0. The molecule has 0 aliphatic rings. The molecule has 0 aromatic rings. The summed E-state index contributed by atoms with van der Waals surface area (Å²) in [6.07, 6.45) is 67.9. The van der Waals surface area contributed by atoms with Gasteiger partial charge in [-0.15, -0.1) is 0 Å². The van der Waals surface area contributed by atoms with Crippen LogP contribution in [0.5, 0.6) is 0 Å². The van der Waals surface area contributed by atoms with Crippen LogP contribution in [0.4, 0.5) is 0 Å². The van der Waals surface area contributed by atoms with Gasteiger partial charge < -0.3 is 33.8 Å². The van der Waals surface area contributed by atoms with Crippen molar-refractivity contribution in [3.05, 3.63) is 0 Å². The molecule has 0 radical (unpaired) electrons. The van der Waals surface area contributed by atoms with Crippen LogP contribution in [0.1, 0.15) is 452 Å². The Labute approximate surface area is 638 Å². The van der Waals surface area contributed by atoms with Crippen LogP contribution in [0.2, 0.25) is 0 Å². The van der Waals surface area contributed by atoms with E-state index in [0.717, 1.165) is 102 Å². The first kappa shape index (κ1) is 102. The average molecular weight is 1520 g/mol. The van der Waals surface area contributed by atoms with Crippen LogP contribution in [0, 0.1) is 11.8 Å². The number of aliphatic hydroxyl groups is 1. The lowest BCUT2D eigenvalue weighted by Crippen LogP contribution is -2.30. The zero-order chi connectivity index (χ0) is 76.4. The van der Waals surface area contributed by atoms with Crippen molar-refractivity contribution in [3.8, 4) is 0 Å². The highest BCUT2D eigenvalue weighted by Gasteiger charge is 2.30. The minimum Gasteiger partial charge on any atom is -0.462 e. The summed E-state index contributed by atoms with van der Waals surface area (Å²) in [7, 11) is -9.93. The first-order chi connectivity index (χ1) is 50.4. The Balaban J connectivity index is 5.24. The fraction of sp³-hybridized carbons (Fsp3) is 0.953. The van der Waals surface area contributed by atoms with Crippen LogP contribution in [-0.4, -0.2) is 96.7 Å². The maximum Gasteiger partial charge on any atom is 0.472 e. The fourth-order valence-electron chi connectivity index (χ4n) is 13.2. The second kappa shape index (κ2) is 76.4. The largest absolute Gasteiger partial charge is 0.472 e. The predicted molar refractivity (Wildman–Crippen MR) is 428 cm³/mol. The molecule has 0 aromatic carbocycles. The van der Waals surface area contributed by atoms with Gasteiger partial charge in [0.25, 0.3) is 0 Å². The Morgan fingerprint density at radius 2 is 0.490 bits per heavy atom. The number of phosphoric ester groups is 2. The smallest absolute Gasteiger partial charge is 0.462 e. The van der Waals surface area contributed by atoms with E-state index in [4.69, 9.17) is 37.0 Å². The molecule has 3 N–H and O–H groups in total. The summed E-state index contributed by atoms with van der Waals surface area (Å²) >= 11 is 0. The highest BCUT2D eigenvalue weighted by molar-refractivity contribution is 7.47. The lowest BCUT2D eigenvalue weighted by atomic mass is 9.99. The normalized spacial score (nSPS) is 14.1. The molecule has 0 saturated carbocycles. The van der Waals surface area contributed by atoms with Crippen LogP contribution in [0.3, 0.4) is 0 Å². The number of ether oxygens (including phenoxy) is 4. The summed E-state index contributed by atoms with van der Waals surface area (Å²) in [5.41, 5.74) is 0. The lowest BCUT2D eigenvalue weighted by Gasteiger charge is -2.21. The molecule has 0 amide bonds. The van der Waals surface area contributed by atoms with Gasteiger partial charge in [0.05, 0.1) is 26.4 Å². The SMILES string of the molecule is CCCCCCCCCCCCCCCCCCCCCCCC(=O)O[C@H](COC(=O)CCCCCCCCCCCCCCCCC(C)CC)COP(=O)(O)OC[C@@H](O)COP(=O)(O)OC[C@@H](COC(=O)CCCCCCCCCCCCC)OC(=O)CCCCCCCCCCCCCC(C)C. The molecule has 618 valence electrons. The second-order valence-corrected chi connectivity index (χ2v) is 34.2. The Morgan fingerprint density at radius 1 is 0.279 bits per heavy atom. The molecule has 0 heterocycles. The number of aliphatic hydroxyl groups excluding tert-OH is 1. The second-order valence-electron chi connectivity index (χ2n) is 31.3. The summed E-state index contributed by atoms with van der Waals surface area (Å²) in [5, 5.41) is 10.7. The van der Waals surface area contributed by atoms with Crippen molar-refractivity contribution in [1.29, 1.82) is 0 Å². The van der Waals surface area contributed by atoms with Gasteiger partial charge in [0.1, 0.15) is 19.3 Å². The van der Waals surface area contributed by atoms with Crippen LogP contribution in [0.15, 0.2) is 0 Å². The molecule has 0 fully saturated rings. The van der Waals surface area contributed by atoms with E-state index in [1.807, 2.05) is 0 Å². The van der Waals surface area contributed by atoms with Gasteiger partial charge in [-0.25, -0.2) is 9.13 Å². The molecular weight excluding hydrogens is 1350 g/mol. The van der Waals surface area contributed by atoms with E-state index < -0.39 is 97.5 Å². The zero-order valence-electron chi connectivity index (χ0n) is 68.3.